The van der Waals surface area contributed by atoms with Crippen LogP contribution in [0.3, 0.4) is 0 Å². The molecule has 2 N–H and O–H groups in total. The number of ether oxygens (including phenoxy) is 1. The van der Waals surface area contributed by atoms with Crippen LogP contribution in [0, 0.1) is 0 Å². The fourth-order valence-corrected chi connectivity index (χ4v) is 1.88. The van der Waals surface area contributed by atoms with E-state index in [0.717, 1.165) is 18.0 Å². The van der Waals surface area contributed by atoms with E-state index in [2.05, 4.69) is 28.5 Å². The summed E-state index contributed by atoms with van der Waals surface area (Å²) in [5, 5.41) is 10.3. The molecule has 0 spiro atoms. The van der Waals surface area contributed by atoms with Crippen LogP contribution in [0.5, 0.6) is 5.75 Å². The molecule has 0 aliphatic heterocycles. The van der Waals surface area contributed by atoms with Crippen molar-refractivity contribution in [1.82, 2.24) is 15.5 Å². The minimum atomic E-state index is 0.232. The second-order valence-corrected chi connectivity index (χ2v) is 4.16. The number of aromatic nitrogens is 2. The summed E-state index contributed by atoms with van der Waals surface area (Å²) in [6, 6.07) is 10.3. The molecule has 4 heteroatoms. The van der Waals surface area contributed by atoms with Gasteiger partial charge in [0.05, 0.1) is 6.61 Å². The Labute approximate surface area is 107 Å². The van der Waals surface area contributed by atoms with Gasteiger partial charge in [-0.15, -0.1) is 0 Å². The summed E-state index contributed by atoms with van der Waals surface area (Å²) < 4.78 is 5.64. The average Bonchev–Trinajstić information content (AvgIpc) is 2.90. The van der Waals surface area contributed by atoms with Gasteiger partial charge in [0.25, 0.3) is 0 Å². The molecule has 1 unspecified atom stereocenters. The number of para-hydroxylation sites is 1. The van der Waals surface area contributed by atoms with E-state index in [9.17, 15) is 0 Å². The van der Waals surface area contributed by atoms with Crippen LogP contribution in [-0.2, 0) is 6.54 Å². The van der Waals surface area contributed by atoms with Crippen LogP contribution in [-0.4, -0.2) is 16.8 Å². The van der Waals surface area contributed by atoms with Crippen molar-refractivity contribution < 1.29 is 4.74 Å². The lowest BCUT2D eigenvalue weighted by Gasteiger charge is -2.17. The van der Waals surface area contributed by atoms with Gasteiger partial charge in [0.2, 0.25) is 0 Å². The van der Waals surface area contributed by atoms with Gasteiger partial charge in [0.1, 0.15) is 5.75 Å². The van der Waals surface area contributed by atoms with Gasteiger partial charge < -0.3 is 10.1 Å². The van der Waals surface area contributed by atoms with Crippen LogP contribution >= 0.6 is 0 Å². The maximum atomic E-state index is 5.64. The van der Waals surface area contributed by atoms with Gasteiger partial charge in [0.15, 0.2) is 0 Å². The molecule has 0 amide bonds. The summed E-state index contributed by atoms with van der Waals surface area (Å²) in [5.74, 6) is 0.949. The maximum absolute atomic E-state index is 5.64. The van der Waals surface area contributed by atoms with Crippen molar-refractivity contribution in [1.29, 1.82) is 0 Å². The first-order valence-electron chi connectivity index (χ1n) is 6.24. The molecule has 1 aromatic heterocycles. The van der Waals surface area contributed by atoms with Gasteiger partial charge in [-0.25, -0.2) is 0 Å². The summed E-state index contributed by atoms with van der Waals surface area (Å²) in [5.41, 5.74) is 2.26. The Morgan fingerprint density at radius 3 is 2.89 bits per heavy atom. The van der Waals surface area contributed by atoms with Crippen molar-refractivity contribution in [3.05, 3.63) is 47.8 Å². The summed E-state index contributed by atoms with van der Waals surface area (Å²) in [7, 11) is 0. The third-order valence-corrected chi connectivity index (χ3v) is 2.84. The number of rotatable bonds is 6. The fourth-order valence-electron chi connectivity index (χ4n) is 1.88. The molecule has 1 atom stereocenters. The van der Waals surface area contributed by atoms with Crippen LogP contribution < -0.4 is 10.1 Å². The standard InChI is InChI=1S/C14H19N3O/c1-3-18-14-7-5-4-6-13(14)11(2)15-10-12-8-9-16-17-12/h4-9,11,15H,3,10H2,1-2H3,(H,16,17). The smallest absolute Gasteiger partial charge is 0.124 e. The number of nitrogens with one attached hydrogen (secondary N) is 2. The molecule has 2 rings (SSSR count). The van der Waals surface area contributed by atoms with Crippen molar-refractivity contribution in [2.75, 3.05) is 6.61 Å². The van der Waals surface area contributed by atoms with Gasteiger partial charge in [-0.1, -0.05) is 18.2 Å². The lowest BCUT2D eigenvalue weighted by Crippen LogP contribution is -2.19. The molecule has 96 valence electrons. The average molecular weight is 245 g/mol. The van der Waals surface area contributed by atoms with Crippen molar-refractivity contribution in [3.63, 3.8) is 0 Å². The number of aromatic amines is 1. The van der Waals surface area contributed by atoms with E-state index < -0.39 is 0 Å². The number of H-pyrrole nitrogens is 1. The van der Waals surface area contributed by atoms with E-state index in [-0.39, 0.29) is 6.04 Å². The van der Waals surface area contributed by atoms with Gasteiger partial charge in [-0.3, -0.25) is 5.10 Å². The Morgan fingerprint density at radius 2 is 2.17 bits per heavy atom. The minimum Gasteiger partial charge on any atom is -0.494 e. The summed E-state index contributed by atoms with van der Waals surface area (Å²) in [4.78, 5) is 0. The van der Waals surface area contributed by atoms with Crippen LogP contribution in [0.25, 0.3) is 0 Å². The number of nitrogens with zero attached hydrogens (tertiary/aromatic N) is 1. The number of hydrogen-bond acceptors (Lipinski definition) is 3. The molecular weight excluding hydrogens is 226 g/mol. The quantitative estimate of drug-likeness (QED) is 0.822. The first-order chi connectivity index (χ1) is 8.81. The summed E-state index contributed by atoms with van der Waals surface area (Å²) in [6.07, 6.45) is 1.76. The highest BCUT2D eigenvalue weighted by Crippen LogP contribution is 2.24. The molecule has 1 aromatic carbocycles. The first kappa shape index (κ1) is 12.6. The Bertz CT molecular complexity index is 468. The van der Waals surface area contributed by atoms with E-state index in [1.54, 1.807) is 6.20 Å². The van der Waals surface area contributed by atoms with Crippen LogP contribution in [0.1, 0.15) is 31.1 Å². The Morgan fingerprint density at radius 1 is 1.33 bits per heavy atom. The lowest BCUT2D eigenvalue weighted by atomic mass is 10.1. The molecule has 0 aliphatic carbocycles. The van der Waals surface area contributed by atoms with Crippen molar-refractivity contribution in [2.45, 2.75) is 26.4 Å². The lowest BCUT2D eigenvalue weighted by molar-refractivity contribution is 0.332. The zero-order valence-corrected chi connectivity index (χ0v) is 10.8. The van der Waals surface area contributed by atoms with E-state index in [1.165, 1.54) is 5.56 Å². The Kier molecular flexibility index (Phi) is 4.36. The van der Waals surface area contributed by atoms with Gasteiger partial charge in [-0.05, 0) is 26.0 Å². The Hall–Kier alpha value is -1.81. The molecule has 4 nitrogen and oxygen atoms in total. The van der Waals surface area contributed by atoms with Crippen molar-refractivity contribution in [2.24, 2.45) is 0 Å². The van der Waals surface area contributed by atoms with Crippen LogP contribution in [0.4, 0.5) is 0 Å². The molecular formula is C14H19N3O. The van der Waals surface area contributed by atoms with Gasteiger partial charge in [-0.2, -0.15) is 5.10 Å². The molecule has 2 aromatic rings. The first-order valence-corrected chi connectivity index (χ1v) is 6.24. The molecule has 0 saturated carbocycles. The molecule has 0 aliphatic rings. The second-order valence-electron chi connectivity index (χ2n) is 4.16. The van der Waals surface area contributed by atoms with E-state index >= 15 is 0 Å². The summed E-state index contributed by atoms with van der Waals surface area (Å²) in [6.45, 7) is 5.58. The normalized spacial score (nSPS) is 12.3. The minimum absolute atomic E-state index is 0.232. The fraction of sp³-hybridized carbons (Fsp3) is 0.357. The Balaban J connectivity index is 2.01. The molecule has 18 heavy (non-hydrogen) atoms. The largest absolute Gasteiger partial charge is 0.494 e. The highest BCUT2D eigenvalue weighted by molar-refractivity contribution is 5.35. The third kappa shape index (κ3) is 3.11. The molecule has 1 heterocycles. The molecule has 0 saturated heterocycles. The van der Waals surface area contributed by atoms with Crippen molar-refractivity contribution in [3.8, 4) is 5.75 Å². The van der Waals surface area contributed by atoms with Crippen LogP contribution in [0.15, 0.2) is 36.5 Å². The maximum Gasteiger partial charge on any atom is 0.124 e. The topological polar surface area (TPSA) is 49.9 Å². The monoisotopic (exact) mass is 245 g/mol. The molecule has 0 bridgehead atoms. The molecule has 0 fully saturated rings. The predicted octanol–water partition coefficient (Wildman–Crippen LogP) is 2.66. The van der Waals surface area contributed by atoms with Gasteiger partial charge >= 0.3 is 0 Å². The zero-order valence-electron chi connectivity index (χ0n) is 10.8. The number of benzene rings is 1. The molecule has 0 radical (unpaired) electrons. The van der Waals surface area contributed by atoms with Gasteiger partial charge in [0, 0.05) is 30.0 Å². The van der Waals surface area contributed by atoms with E-state index in [0.29, 0.717) is 6.61 Å². The highest BCUT2D eigenvalue weighted by Gasteiger charge is 2.10. The number of hydrogen-bond donors (Lipinski definition) is 2. The SMILES string of the molecule is CCOc1ccccc1C(C)NCc1ccn[nH]1. The van der Waals surface area contributed by atoms with E-state index in [4.69, 9.17) is 4.74 Å². The highest BCUT2D eigenvalue weighted by atomic mass is 16.5. The third-order valence-electron chi connectivity index (χ3n) is 2.84. The zero-order chi connectivity index (χ0) is 12.8. The van der Waals surface area contributed by atoms with Crippen LogP contribution in [0.2, 0.25) is 0 Å². The van der Waals surface area contributed by atoms with E-state index in [1.807, 2.05) is 31.2 Å². The second kappa shape index (κ2) is 6.21. The van der Waals surface area contributed by atoms with Crippen molar-refractivity contribution >= 4 is 0 Å². The predicted molar refractivity (Wildman–Crippen MR) is 71.5 cm³/mol. The summed E-state index contributed by atoms with van der Waals surface area (Å²) >= 11 is 0.